The Hall–Kier alpha value is -1.58. The van der Waals surface area contributed by atoms with E-state index >= 15 is 0 Å². The van der Waals surface area contributed by atoms with Gasteiger partial charge in [0.15, 0.2) is 0 Å². The number of carboxylic acids is 1. The fourth-order valence-corrected chi connectivity index (χ4v) is 1.01. The highest BCUT2D eigenvalue weighted by Gasteiger charge is 2.11. The van der Waals surface area contributed by atoms with Crippen LogP contribution in [0.1, 0.15) is 26.7 Å². The lowest BCUT2D eigenvalue weighted by Crippen LogP contribution is -2.34. The number of carboxylic acid groups (broad SMARTS) is 1. The van der Waals surface area contributed by atoms with Crippen LogP contribution >= 0.6 is 0 Å². The molecule has 1 atom stereocenters. The minimum atomic E-state index is -0.903. The molecule has 0 spiro atoms. The fourth-order valence-electron chi connectivity index (χ4n) is 1.01. The molecule has 0 aromatic heterocycles. The third-order valence-electron chi connectivity index (χ3n) is 1.81. The first-order valence-corrected chi connectivity index (χ1v) is 4.91. The molecule has 0 saturated heterocycles. The molecule has 2 N–H and O–H groups in total. The summed E-state index contributed by atoms with van der Waals surface area (Å²) >= 11 is 0. The zero-order valence-electron chi connectivity index (χ0n) is 9.06. The molecule has 0 rings (SSSR count). The molecule has 1 unspecified atom stereocenters. The molecule has 15 heavy (non-hydrogen) atoms. The highest BCUT2D eigenvalue weighted by Crippen LogP contribution is 1.97. The van der Waals surface area contributed by atoms with Crippen molar-refractivity contribution < 1.29 is 14.7 Å². The van der Waals surface area contributed by atoms with Crippen molar-refractivity contribution in [2.75, 3.05) is 0 Å². The van der Waals surface area contributed by atoms with Crippen LogP contribution in [0.15, 0.2) is 24.3 Å². The molecule has 0 aliphatic carbocycles. The number of rotatable bonds is 6. The Morgan fingerprint density at radius 2 is 2.07 bits per heavy atom. The van der Waals surface area contributed by atoms with Gasteiger partial charge in [0, 0.05) is 12.1 Å². The molecule has 0 bridgehead atoms. The van der Waals surface area contributed by atoms with Crippen LogP contribution < -0.4 is 5.32 Å². The maximum absolute atomic E-state index is 11.2. The summed E-state index contributed by atoms with van der Waals surface area (Å²) in [6.07, 6.45) is 7.10. The zero-order valence-corrected chi connectivity index (χ0v) is 9.06. The maximum atomic E-state index is 11.2. The summed E-state index contributed by atoms with van der Waals surface area (Å²) < 4.78 is 0. The molecule has 4 heteroatoms. The minimum absolute atomic E-state index is 0.0420. The minimum Gasteiger partial charge on any atom is -0.481 e. The third-order valence-corrected chi connectivity index (χ3v) is 1.81. The normalized spacial score (nSPS) is 13.2. The Morgan fingerprint density at radius 3 is 2.53 bits per heavy atom. The van der Waals surface area contributed by atoms with Gasteiger partial charge in [-0.25, -0.2) is 0 Å². The van der Waals surface area contributed by atoms with Gasteiger partial charge >= 0.3 is 5.97 Å². The lowest BCUT2D eigenvalue weighted by Gasteiger charge is -2.12. The average molecular weight is 211 g/mol. The third kappa shape index (κ3) is 7.49. The van der Waals surface area contributed by atoms with Crippen molar-refractivity contribution in [3.8, 4) is 0 Å². The van der Waals surface area contributed by atoms with Crippen LogP contribution in [0.3, 0.4) is 0 Å². The number of allylic oxidation sites excluding steroid dienone is 3. The van der Waals surface area contributed by atoms with Crippen molar-refractivity contribution in [1.29, 1.82) is 0 Å². The van der Waals surface area contributed by atoms with Gasteiger partial charge in [-0.15, -0.1) is 0 Å². The molecule has 0 aromatic rings. The quantitative estimate of drug-likeness (QED) is 0.516. The Labute approximate surface area is 89.7 Å². The number of amides is 1. The monoisotopic (exact) mass is 211 g/mol. The second-order valence-corrected chi connectivity index (χ2v) is 3.10. The highest BCUT2D eigenvalue weighted by atomic mass is 16.4. The molecular weight excluding hydrogens is 194 g/mol. The molecule has 0 fully saturated rings. The topological polar surface area (TPSA) is 66.4 Å². The fraction of sp³-hybridized carbons (Fsp3) is 0.455. The van der Waals surface area contributed by atoms with Crippen LogP contribution in [0.25, 0.3) is 0 Å². The van der Waals surface area contributed by atoms with E-state index in [2.05, 4.69) is 5.32 Å². The highest BCUT2D eigenvalue weighted by molar-refractivity contribution is 5.88. The number of aliphatic carboxylic acids is 1. The predicted molar refractivity (Wildman–Crippen MR) is 58.4 cm³/mol. The van der Waals surface area contributed by atoms with Gasteiger partial charge in [-0.2, -0.15) is 0 Å². The zero-order chi connectivity index (χ0) is 11.7. The summed E-state index contributed by atoms with van der Waals surface area (Å²) in [6.45, 7) is 3.69. The van der Waals surface area contributed by atoms with Crippen LogP contribution in [-0.2, 0) is 9.59 Å². The number of carbonyl (C=O) groups is 2. The Morgan fingerprint density at radius 1 is 1.40 bits per heavy atom. The average Bonchev–Trinajstić information content (AvgIpc) is 2.16. The van der Waals surface area contributed by atoms with E-state index < -0.39 is 5.97 Å². The Kier molecular flexibility index (Phi) is 6.97. The molecule has 0 aliphatic heterocycles. The second kappa shape index (κ2) is 7.79. The lowest BCUT2D eigenvalue weighted by molar-refractivity contribution is -0.137. The molecule has 0 heterocycles. The summed E-state index contributed by atoms with van der Waals surface area (Å²) in [7, 11) is 0. The van der Waals surface area contributed by atoms with Crippen LogP contribution in [0, 0.1) is 0 Å². The van der Waals surface area contributed by atoms with E-state index in [0.717, 1.165) is 0 Å². The smallest absolute Gasteiger partial charge is 0.305 e. The van der Waals surface area contributed by atoms with E-state index in [-0.39, 0.29) is 18.4 Å². The summed E-state index contributed by atoms with van der Waals surface area (Å²) in [6, 6.07) is -0.301. The van der Waals surface area contributed by atoms with Gasteiger partial charge in [0.05, 0.1) is 6.42 Å². The van der Waals surface area contributed by atoms with Crippen molar-refractivity contribution in [3.63, 3.8) is 0 Å². The Bertz CT molecular complexity index is 269. The van der Waals surface area contributed by atoms with E-state index in [0.29, 0.717) is 6.42 Å². The first kappa shape index (κ1) is 13.4. The molecule has 0 radical (unpaired) electrons. The second-order valence-electron chi connectivity index (χ2n) is 3.10. The predicted octanol–water partition coefficient (Wildman–Crippen LogP) is 1.49. The van der Waals surface area contributed by atoms with E-state index in [9.17, 15) is 9.59 Å². The van der Waals surface area contributed by atoms with Crippen LogP contribution in [-0.4, -0.2) is 23.0 Å². The Balaban J connectivity index is 4.06. The SMILES string of the molecule is CC=C/C=C/C(=O)NC(CC)CC(=O)O. The molecule has 0 saturated carbocycles. The van der Waals surface area contributed by atoms with Gasteiger partial charge in [-0.1, -0.05) is 25.2 Å². The van der Waals surface area contributed by atoms with Crippen LogP contribution in [0.5, 0.6) is 0 Å². The first-order chi connectivity index (χ1) is 7.10. The standard InChI is InChI=1S/C11H17NO3/c1-3-5-6-7-10(13)12-9(4-2)8-11(14)15/h3,5-7,9H,4,8H2,1-2H3,(H,12,13)(H,14,15)/b5-3?,7-6+. The summed E-state index contributed by atoms with van der Waals surface area (Å²) in [5.41, 5.74) is 0. The number of nitrogens with one attached hydrogen (secondary N) is 1. The molecule has 0 aromatic carbocycles. The lowest BCUT2D eigenvalue weighted by atomic mass is 10.1. The van der Waals surface area contributed by atoms with E-state index in [4.69, 9.17) is 5.11 Å². The van der Waals surface area contributed by atoms with Crippen molar-refractivity contribution in [3.05, 3.63) is 24.3 Å². The van der Waals surface area contributed by atoms with Gasteiger partial charge in [0.2, 0.25) is 5.91 Å². The van der Waals surface area contributed by atoms with Gasteiger partial charge in [0.25, 0.3) is 0 Å². The van der Waals surface area contributed by atoms with Crippen molar-refractivity contribution in [2.45, 2.75) is 32.7 Å². The summed E-state index contributed by atoms with van der Waals surface area (Å²) in [5, 5.41) is 11.2. The first-order valence-electron chi connectivity index (χ1n) is 4.91. The van der Waals surface area contributed by atoms with Crippen LogP contribution in [0.2, 0.25) is 0 Å². The molecule has 1 amide bonds. The molecule has 0 aliphatic rings. The van der Waals surface area contributed by atoms with Gasteiger partial charge in [0.1, 0.15) is 0 Å². The van der Waals surface area contributed by atoms with Gasteiger partial charge in [-0.05, 0) is 13.3 Å². The van der Waals surface area contributed by atoms with E-state index in [1.54, 1.807) is 18.2 Å². The van der Waals surface area contributed by atoms with Crippen molar-refractivity contribution >= 4 is 11.9 Å². The molecule has 84 valence electrons. The number of hydrogen-bond donors (Lipinski definition) is 2. The number of hydrogen-bond acceptors (Lipinski definition) is 2. The maximum Gasteiger partial charge on any atom is 0.305 e. The van der Waals surface area contributed by atoms with Gasteiger partial charge in [-0.3, -0.25) is 9.59 Å². The molecule has 4 nitrogen and oxygen atoms in total. The summed E-state index contributed by atoms with van der Waals surface area (Å²) in [4.78, 5) is 21.7. The van der Waals surface area contributed by atoms with E-state index in [1.165, 1.54) is 6.08 Å². The molecular formula is C11H17NO3. The van der Waals surface area contributed by atoms with Gasteiger partial charge < -0.3 is 10.4 Å². The van der Waals surface area contributed by atoms with Crippen molar-refractivity contribution in [1.82, 2.24) is 5.32 Å². The van der Waals surface area contributed by atoms with E-state index in [1.807, 2.05) is 13.8 Å². The largest absolute Gasteiger partial charge is 0.481 e. The summed E-state index contributed by atoms with van der Waals surface area (Å²) in [5.74, 6) is -1.17. The van der Waals surface area contributed by atoms with Crippen molar-refractivity contribution in [2.24, 2.45) is 0 Å². The number of carbonyl (C=O) groups excluding carboxylic acids is 1. The van der Waals surface area contributed by atoms with Crippen LogP contribution in [0.4, 0.5) is 0 Å².